The molecule has 0 radical (unpaired) electrons. The zero-order valence-corrected chi connectivity index (χ0v) is 16.3. The first kappa shape index (κ1) is 18.8. The second-order valence-electron chi connectivity index (χ2n) is 7.10. The van der Waals surface area contributed by atoms with Crippen LogP contribution in [0.5, 0.6) is 0 Å². The van der Waals surface area contributed by atoms with E-state index in [1.807, 2.05) is 48.7 Å². The Bertz CT molecular complexity index is 995. The van der Waals surface area contributed by atoms with Crippen LogP contribution in [-0.4, -0.2) is 59.0 Å². The molecule has 0 bridgehead atoms. The molecule has 1 aromatic carbocycles. The Kier molecular flexibility index (Phi) is 5.33. The fourth-order valence-corrected chi connectivity index (χ4v) is 3.40. The third-order valence-electron chi connectivity index (χ3n) is 5.10. The van der Waals surface area contributed by atoms with Crippen molar-refractivity contribution in [3.05, 3.63) is 54.9 Å². The number of H-pyrrole nitrogens is 1. The summed E-state index contributed by atoms with van der Waals surface area (Å²) in [7, 11) is 0. The lowest BCUT2D eigenvalue weighted by molar-refractivity contribution is -0.117. The minimum atomic E-state index is -0.643. The Labute approximate surface area is 168 Å². The van der Waals surface area contributed by atoms with Crippen LogP contribution in [0.1, 0.15) is 6.92 Å². The van der Waals surface area contributed by atoms with Crippen LogP contribution in [0.2, 0.25) is 0 Å². The molecule has 8 heteroatoms. The number of rotatable bonds is 4. The van der Waals surface area contributed by atoms with E-state index < -0.39 is 6.04 Å². The van der Waals surface area contributed by atoms with Gasteiger partial charge < -0.3 is 25.4 Å². The number of aromatic nitrogens is 2. The molecular weight excluding hydrogens is 368 g/mol. The quantitative estimate of drug-likeness (QED) is 0.636. The predicted octanol–water partition coefficient (Wildman–Crippen LogP) is 2.42. The SMILES string of the molecule is CC(NC(=O)N1CCN(c2ccccn2)CC1)C(=O)Nc1ccc2cc[nH]c2c1. The highest BCUT2D eigenvalue weighted by atomic mass is 16.2. The summed E-state index contributed by atoms with van der Waals surface area (Å²) in [5, 5.41) is 6.72. The highest BCUT2D eigenvalue weighted by molar-refractivity contribution is 5.98. The molecule has 150 valence electrons. The molecular formula is C21H24N6O2. The van der Waals surface area contributed by atoms with Gasteiger partial charge in [-0.05, 0) is 42.6 Å². The zero-order valence-electron chi connectivity index (χ0n) is 16.3. The van der Waals surface area contributed by atoms with Gasteiger partial charge in [-0.3, -0.25) is 4.79 Å². The largest absolute Gasteiger partial charge is 0.361 e. The summed E-state index contributed by atoms with van der Waals surface area (Å²) in [4.78, 5) is 36.4. The van der Waals surface area contributed by atoms with Gasteiger partial charge in [-0.25, -0.2) is 9.78 Å². The van der Waals surface area contributed by atoms with Crippen molar-refractivity contribution in [2.24, 2.45) is 0 Å². The molecule has 1 unspecified atom stereocenters. The van der Waals surface area contributed by atoms with Crippen molar-refractivity contribution in [2.45, 2.75) is 13.0 Å². The van der Waals surface area contributed by atoms with Crippen LogP contribution in [0.3, 0.4) is 0 Å². The van der Waals surface area contributed by atoms with Gasteiger partial charge in [0, 0.05) is 49.8 Å². The van der Waals surface area contributed by atoms with Crippen LogP contribution in [-0.2, 0) is 4.79 Å². The van der Waals surface area contributed by atoms with E-state index in [2.05, 4.69) is 25.5 Å². The van der Waals surface area contributed by atoms with E-state index in [-0.39, 0.29) is 11.9 Å². The van der Waals surface area contributed by atoms with Gasteiger partial charge in [-0.1, -0.05) is 12.1 Å². The van der Waals surface area contributed by atoms with Gasteiger partial charge in [0.2, 0.25) is 5.91 Å². The van der Waals surface area contributed by atoms with Gasteiger partial charge in [-0.2, -0.15) is 0 Å². The molecule has 1 atom stereocenters. The molecule has 8 nitrogen and oxygen atoms in total. The van der Waals surface area contributed by atoms with Crippen LogP contribution >= 0.6 is 0 Å². The summed E-state index contributed by atoms with van der Waals surface area (Å²) >= 11 is 0. The number of hydrogen-bond acceptors (Lipinski definition) is 4. The summed E-state index contributed by atoms with van der Waals surface area (Å²) in [6.07, 6.45) is 3.62. The molecule has 3 aromatic rings. The van der Waals surface area contributed by atoms with Crippen molar-refractivity contribution in [3.63, 3.8) is 0 Å². The van der Waals surface area contributed by atoms with Crippen LogP contribution in [0.25, 0.3) is 10.9 Å². The van der Waals surface area contributed by atoms with Crippen LogP contribution in [0, 0.1) is 0 Å². The third kappa shape index (κ3) is 4.31. The van der Waals surface area contributed by atoms with Crippen LogP contribution < -0.4 is 15.5 Å². The molecule has 1 aliphatic rings. The number of fused-ring (bicyclic) bond motifs is 1. The maximum atomic E-state index is 12.5. The molecule has 1 aliphatic heterocycles. The van der Waals surface area contributed by atoms with E-state index >= 15 is 0 Å². The van der Waals surface area contributed by atoms with Gasteiger partial charge in [0.25, 0.3) is 0 Å². The Morgan fingerprint density at radius 1 is 1.10 bits per heavy atom. The highest BCUT2D eigenvalue weighted by Gasteiger charge is 2.24. The molecule has 0 spiro atoms. The topological polar surface area (TPSA) is 93.4 Å². The number of amides is 3. The fraction of sp³-hybridized carbons (Fsp3) is 0.286. The van der Waals surface area contributed by atoms with Crippen molar-refractivity contribution < 1.29 is 9.59 Å². The molecule has 0 saturated carbocycles. The lowest BCUT2D eigenvalue weighted by Crippen LogP contribution is -2.54. The van der Waals surface area contributed by atoms with Crippen LogP contribution in [0.15, 0.2) is 54.9 Å². The minimum absolute atomic E-state index is 0.229. The predicted molar refractivity (Wildman–Crippen MR) is 113 cm³/mol. The number of pyridine rings is 1. The van der Waals surface area contributed by atoms with Crippen LogP contribution in [0.4, 0.5) is 16.3 Å². The van der Waals surface area contributed by atoms with E-state index in [1.54, 1.807) is 18.0 Å². The molecule has 1 saturated heterocycles. The van der Waals surface area contributed by atoms with Gasteiger partial charge >= 0.3 is 6.03 Å². The Morgan fingerprint density at radius 3 is 2.69 bits per heavy atom. The van der Waals surface area contributed by atoms with Gasteiger partial charge in [0.05, 0.1) is 0 Å². The number of nitrogens with one attached hydrogen (secondary N) is 3. The summed E-state index contributed by atoms with van der Waals surface area (Å²) in [6.45, 7) is 4.27. The molecule has 4 rings (SSSR count). The van der Waals surface area contributed by atoms with Gasteiger partial charge in [0.1, 0.15) is 11.9 Å². The molecule has 2 aromatic heterocycles. The average molecular weight is 392 g/mol. The van der Waals surface area contributed by atoms with E-state index in [0.29, 0.717) is 31.9 Å². The molecule has 3 heterocycles. The van der Waals surface area contributed by atoms with E-state index in [9.17, 15) is 9.59 Å². The van der Waals surface area contributed by atoms with Crippen molar-refractivity contribution in [1.82, 2.24) is 20.2 Å². The van der Waals surface area contributed by atoms with Crippen molar-refractivity contribution in [3.8, 4) is 0 Å². The normalized spacial score (nSPS) is 15.2. The summed E-state index contributed by atoms with van der Waals surface area (Å²) < 4.78 is 0. The molecule has 3 amide bonds. The Morgan fingerprint density at radius 2 is 1.93 bits per heavy atom. The number of nitrogens with zero attached hydrogens (tertiary/aromatic N) is 3. The Balaban J connectivity index is 1.28. The average Bonchev–Trinajstić information content (AvgIpc) is 3.22. The van der Waals surface area contributed by atoms with Crippen molar-refractivity contribution >= 4 is 34.3 Å². The first-order valence-corrected chi connectivity index (χ1v) is 9.69. The van der Waals surface area contributed by atoms with Gasteiger partial charge in [-0.15, -0.1) is 0 Å². The smallest absolute Gasteiger partial charge is 0.318 e. The number of aromatic amines is 1. The third-order valence-corrected chi connectivity index (χ3v) is 5.10. The minimum Gasteiger partial charge on any atom is -0.361 e. The zero-order chi connectivity index (χ0) is 20.2. The maximum Gasteiger partial charge on any atom is 0.318 e. The number of urea groups is 1. The standard InChI is InChI=1S/C21H24N6O2/c1-15(20(28)25-17-6-5-16-7-9-22-18(16)14-17)24-21(29)27-12-10-26(11-13-27)19-4-2-3-8-23-19/h2-9,14-15,22H,10-13H2,1H3,(H,24,29)(H,25,28). The second kappa shape index (κ2) is 8.22. The molecule has 1 fully saturated rings. The number of carbonyl (C=O) groups is 2. The lowest BCUT2D eigenvalue weighted by atomic mass is 10.2. The molecule has 3 N–H and O–H groups in total. The van der Waals surface area contributed by atoms with Crippen molar-refractivity contribution in [2.75, 3.05) is 36.4 Å². The highest BCUT2D eigenvalue weighted by Crippen LogP contribution is 2.18. The summed E-state index contributed by atoms with van der Waals surface area (Å²) in [6, 6.07) is 12.6. The first-order valence-electron chi connectivity index (χ1n) is 9.69. The first-order chi connectivity index (χ1) is 14.1. The number of benzene rings is 1. The van der Waals surface area contributed by atoms with E-state index in [1.165, 1.54) is 0 Å². The fourth-order valence-electron chi connectivity index (χ4n) is 3.40. The summed E-state index contributed by atoms with van der Waals surface area (Å²) in [5.74, 6) is 0.663. The molecule has 0 aliphatic carbocycles. The molecule has 29 heavy (non-hydrogen) atoms. The second-order valence-corrected chi connectivity index (χ2v) is 7.10. The summed E-state index contributed by atoms with van der Waals surface area (Å²) in [5.41, 5.74) is 1.64. The monoisotopic (exact) mass is 392 g/mol. The number of carbonyl (C=O) groups excluding carboxylic acids is 2. The number of anilines is 2. The van der Waals surface area contributed by atoms with E-state index in [4.69, 9.17) is 0 Å². The van der Waals surface area contributed by atoms with Gasteiger partial charge in [0.15, 0.2) is 0 Å². The number of piperazine rings is 1. The van der Waals surface area contributed by atoms with E-state index in [0.717, 1.165) is 16.7 Å². The number of hydrogen-bond donors (Lipinski definition) is 3. The van der Waals surface area contributed by atoms with Crippen molar-refractivity contribution in [1.29, 1.82) is 0 Å². The Hall–Kier alpha value is -3.55. The lowest BCUT2D eigenvalue weighted by Gasteiger charge is -2.35. The maximum absolute atomic E-state index is 12.5.